The molecule has 0 atom stereocenters. The third kappa shape index (κ3) is 2.93. The third-order valence-electron chi connectivity index (χ3n) is 1.88. The molecule has 0 unspecified atom stereocenters. The lowest BCUT2D eigenvalue weighted by atomic mass is 10.2. The van der Waals surface area contributed by atoms with Crippen molar-refractivity contribution < 1.29 is 9.47 Å². The second kappa shape index (κ2) is 5.27. The predicted octanol–water partition coefficient (Wildman–Crippen LogP) is 2.89. The van der Waals surface area contributed by atoms with E-state index in [1.54, 1.807) is 7.11 Å². The summed E-state index contributed by atoms with van der Waals surface area (Å²) in [5, 5.41) is 8.19. The van der Waals surface area contributed by atoms with Crippen molar-refractivity contribution in [1.29, 1.82) is 0 Å². The van der Waals surface area contributed by atoms with Gasteiger partial charge in [-0.2, -0.15) is 0 Å². The molecule has 0 aliphatic heterocycles. The Hall–Kier alpha value is -1.14. The van der Waals surface area contributed by atoms with E-state index in [9.17, 15) is 0 Å². The summed E-state index contributed by atoms with van der Waals surface area (Å²) in [6.45, 7) is 0.457. The molecular formula is C10H9BrN2O2S. The van der Waals surface area contributed by atoms with E-state index in [4.69, 9.17) is 9.47 Å². The van der Waals surface area contributed by atoms with Crippen LogP contribution in [0.2, 0.25) is 0 Å². The van der Waals surface area contributed by atoms with Gasteiger partial charge in [-0.1, -0.05) is 17.2 Å². The van der Waals surface area contributed by atoms with Gasteiger partial charge in [0.25, 0.3) is 5.19 Å². The standard InChI is InChI=1S/C10H9BrN2O2S/c1-14-8-4-2-3-7(5-8)6-15-10-13-12-9(11)16-10/h2-5H,6H2,1H3. The number of hydrogen-bond donors (Lipinski definition) is 0. The van der Waals surface area contributed by atoms with Crippen molar-refractivity contribution in [2.45, 2.75) is 6.61 Å². The van der Waals surface area contributed by atoms with Crippen LogP contribution in [0.3, 0.4) is 0 Å². The van der Waals surface area contributed by atoms with Gasteiger partial charge in [0, 0.05) is 0 Å². The Morgan fingerprint density at radius 2 is 2.25 bits per heavy atom. The fourth-order valence-corrected chi connectivity index (χ4v) is 2.08. The summed E-state index contributed by atoms with van der Waals surface area (Å²) < 4.78 is 11.3. The molecule has 2 rings (SSSR count). The molecule has 1 heterocycles. The Balaban J connectivity index is 1.99. The van der Waals surface area contributed by atoms with Crippen LogP contribution in [0, 0.1) is 0 Å². The molecule has 0 saturated heterocycles. The molecule has 0 fully saturated rings. The van der Waals surface area contributed by atoms with Crippen LogP contribution in [-0.4, -0.2) is 17.3 Å². The zero-order chi connectivity index (χ0) is 11.4. The van der Waals surface area contributed by atoms with Crippen molar-refractivity contribution in [3.8, 4) is 10.9 Å². The minimum absolute atomic E-state index is 0.457. The molecule has 0 aliphatic carbocycles. The van der Waals surface area contributed by atoms with Gasteiger partial charge >= 0.3 is 0 Å². The van der Waals surface area contributed by atoms with Gasteiger partial charge in [0.15, 0.2) is 3.92 Å². The maximum absolute atomic E-state index is 5.47. The van der Waals surface area contributed by atoms with Crippen LogP contribution in [0.1, 0.15) is 5.56 Å². The molecule has 0 amide bonds. The lowest BCUT2D eigenvalue weighted by Gasteiger charge is -2.04. The number of hydrogen-bond acceptors (Lipinski definition) is 5. The van der Waals surface area contributed by atoms with Crippen molar-refractivity contribution in [2.75, 3.05) is 7.11 Å². The van der Waals surface area contributed by atoms with Crippen molar-refractivity contribution >= 4 is 27.3 Å². The van der Waals surface area contributed by atoms with Gasteiger partial charge in [0.2, 0.25) is 0 Å². The van der Waals surface area contributed by atoms with E-state index in [0.717, 1.165) is 11.3 Å². The fraction of sp³-hybridized carbons (Fsp3) is 0.200. The first kappa shape index (κ1) is 11.3. The van der Waals surface area contributed by atoms with Crippen LogP contribution < -0.4 is 9.47 Å². The van der Waals surface area contributed by atoms with E-state index in [-0.39, 0.29) is 0 Å². The largest absolute Gasteiger partial charge is 0.497 e. The monoisotopic (exact) mass is 300 g/mol. The Kier molecular flexibility index (Phi) is 3.74. The number of nitrogens with zero attached hydrogens (tertiary/aromatic N) is 2. The van der Waals surface area contributed by atoms with Gasteiger partial charge in [-0.05, 0) is 45.0 Å². The summed E-state index contributed by atoms with van der Waals surface area (Å²) in [5.74, 6) is 0.819. The van der Waals surface area contributed by atoms with Crippen LogP contribution in [0.4, 0.5) is 0 Å². The second-order valence-electron chi connectivity index (χ2n) is 2.96. The number of halogens is 1. The summed E-state index contributed by atoms with van der Waals surface area (Å²) in [6, 6.07) is 7.72. The maximum atomic E-state index is 5.47. The normalized spacial score (nSPS) is 10.1. The number of aromatic nitrogens is 2. The number of ether oxygens (including phenoxy) is 2. The van der Waals surface area contributed by atoms with Crippen LogP contribution in [0.25, 0.3) is 0 Å². The molecule has 1 aromatic carbocycles. The van der Waals surface area contributed by atoms with Crippen molar-refractivity contribution in [3.05, 3.63) is 33.7 Å². The van der Waals surface area contributed by atoms with Gasteiger partial charge in [0.1, 0.15) is 12.4 Å². The zero-order valence-electron chi connectivity index (χ0n) is 8.51. The molecule has 2 aromatic rings. The minimum Gasteiger partial charge on any atom is -0.497 e. The summed E-state index contributed by atoms with van der Waals surface area (Å²) in [7, 11) is 1.64. The van der Waals surface area contributed by atoms with E-state index in [1.165, 1.54) is 11.3 Å². The number of rotatable bonds is 4. The van der Waals surface area contributed by atoms with E-state index in [0.29, 0.717) is 15.7 Å². The minimum atomic E-state index is 0.457. The quantitative estimate of drug-likeness (QED) is 0.871. The highest BCUT2D eigenvalue weighted by molar-refractivity contribution is 9.11. The molecule has 0 N–H and O–H groups in total. The summed E-state index contributed by atoms with van der Waals surface area (Å²) in [5.41, 5.74) is 1.03. The van der Waals surface area contributed by atoms with Crippen molar-refractivity contribution in [2.24, 2.45) is 0 Å². The van der Waals surface area contributed by atoms with Gasteiger partial charge in [0.05, 0.1) is 7.11 Å². The molecule has 84 valence electrons. The first-order chi connectivity index (χ1) is 7.78. The van der Waals surface area contributed by atoms with Crippen molar-refractivity contribution in [3.63, 3.8) is 0 Å². The van der Waals surface area contributed by atoms with E-state index < -0.39 is 0 Å². The van der Waals surface area contributed by atoms with Crippen LogP contribution in [0.5, 0.6) is 10.9 Å². The van der Waals surface area contributed by atoms with Crippen LogP contribution in [-0.2, 0) is 6.61 Å². The Bertz CT molecular complexity index is 475. The van der Waals surface area contributed by atoms with Gasteiger partial charge in [-0.25, -0.2) is 0 Å². The fourth-order valence-electron chi connectivity index (χ4n) is 1.16. The summed E-state index contributed by atoms with van der Waals surface area (Å²) in [4.78, 5) is 0. The molecule has 0 aliphatic rings. The Morgan fingerprint density at radius 3 is 2.94 bits per heavy atom. The molecule has 0 bridgehead atoms. The topological polar surface area (TPSA) is 44.2 Å². The first-order valence-electron chi connectivity index (χ1n) is 4.52. The Morgan fingerprint density at radius 1 is 1.38 bits per heavy atom. The molecule has 0 saturated carbocycles. The molecule has 4 nitrogen and oxygen atoms in total. The number of benzene rings is 1. The summed E-state index contributed by atoms with van der Waals surface area (Å²) in [6.07, 6.45) is 0. The van der Waals surface area contributed by atoms with E-state index in [2.05, 4.69) is 26.1 Å². The third-order valence-corrected chi connectivity index (χ3v) is 3.15. The average Bonchev–Trinajstić information content (AvgIpc) is 2.73. The van der Waals surface area contributed by atoms with Gasteiger partial charge < -0.3 is 9.47 Å². The second-order valence-corrected chi connectivity index (χ2v) is 5.18. The molecule has 1 aromatic heterocycles. The van der Waals surface area contributed by atoms with Crippen molar-refractivity contribution in [1.82, 2.24) is 10.2 Å². The maximum Gasteiger partial charge on any atom is 0.295 e. The van der Waals surface area contributed by atoms with Gasteiger partial charge in [-0.15, -0.1) is 5.10 Å². The highest BCUT2D eigenvalue weighted by Crippen LogP contribution is 2.23. The molecule has 0 spiro atoms. The molecule has 6 heteroatoms. The Labute approximate surface area is 105 Å². The first-order valence-corrected chi connectivity index (χ1v) is 6.13. The predicted molar refractivity (Wildman–Crippen MR) is 64.9 cm³/mol. The average molecular weight is 301 g/mol. The lowest BCUT2D eigenvalue weighted by Crippen LogP contribution is -1.95. The molecule has 16 heavy (non-hydrogen) atoms. The van der Waals surface area contributed by atoms with Crippen LogP contribution in [0.15, 0.2) is 28.2 Å². The van der Waals surface area contributed by atoms with E-state index >= 15 is 0 Å². The summed E-state index contributed by atoms with van der Waals surface area (Å²) >= 11 is 4.58. The SMILES string of the molecule is COc1cccc(COc2nnc(Br)s2)c1. The lowest BCUT2D eigenvalue weighted by molar-refractivity contribution is 0.301. The highest BCUT2D eigenvalue weighted by Gasteiger charge is 2.03. The smallest absolute Gasteiger partial charge is 0.295 e. The number of methoxy groups -OCH3 is 1. The van der Waals surface area contributed by atoms with Crippen LogP contribution >= 0.6 is 27.3 Å². The molecule has 0 radical (unpaired) electrons. The van der Waals surface area contributed by atoms with E-state index in [1.807, 2.05) is 24.3 Å². The zero-order valence-corrected chi connectivity index (χ0v) is 10.9. The molecular weight excluding hydrogens is 292 g/mol. The highest BCUT2D eigenvalue weighted by atomic mass is 79.9. The van der Waals surface area contributed by atoms with Gasteiger partial charge in [-0.3, -0.25) is 0 Å².